The van der Waals surface area contributed by atoms with Crippen LogP contribution in [0.3, 0.4) is 0 Å². The minimum atomic E-state index is -0.154. The fourth-order valence-electron chi connectivity index (χ4n) is 3.27. The van der Waals surface area contributed by atoms with E-state index in [4.69, 9.17) is 23.2 Å². The SMILES string of the molecule is O=C(Nc1cc(Cl)cc(Cl)c1)c1ccc2c3c(cccc13)CC2. The molecule has 4 rings (SSSR count). The number of nitrogens with one attached hydrogen (secondary N) is 1. The Balaban J connectivity index is 1.76. The smallest absolute Gasteiger partial charge is 0.256 e. The van der Waals surface area contributed by atoms with Crippen molar-refractivity contribution in [2.24, 2.45) is 0 Å². The van der Waals surface area contributed by atoms with Gasteiger partial charge in [0, 0.05) is 21.3 Å². The van der Waals surface area contributed by atoms with Crippen molar-refractivity contribution in [3.8, 4) is 0 Å². The molecule has 1 N–H and O–H groups in total. The number of hydrogen-bond acceptors (Lipinski definition) is 1. The molecule has 1 aliphatic carbocycles. The molecule has 2 nitrogen and oxygen atoms in total. The second-order valence-corrected chi connectivity index (χ2v) is 6.60. The second kappa shape index (κ2) is 5.55. The van der Waals surface area contributed by atoms with Gasteiger partial charge in [0.25, 0.3) is 5.91 Å². The number of carbonyl (C=O) groups is 1. The Morgan fingerprint density at radius 1 is 0.913 bits per heavy atom. The molecular formula is C19H13Cl2NO. The van der Waals surface area contributed by atoms with Gasteiger partial charge in [-0.05, 0) is 59.0 Å². The topological polar surface area (TPSA) is 29.1 Å². The second-order valence-electron chi connectivity index (χ2n) is 5.72. The molecule has 0 saturated carbocycles. The van der Waals surface area contributed by atoms with Crippen LogP contribution in [0.4, 0.5) is 5.69 Å². The predicted molar refractivity (Wildman–Crippen MR) is 95.8 cm³/mol. The van der Waals surface area contributed by atoms with E-state index in [2.05, 4.69) is 17.4 Å². The van der Waals surface area contributed by atoms with Crippen LogP contribution in [0.1, 0.15) is 21.5 Å². The first-order valence-corrected chi connectivity index (χ1v) is 8.18. The van der Waals surface area contributed by atoms with Crippen LogP contribution in [0, 0.1) is 0 Å². The number of halogens is 2. The molecule has 0 aliphatic heterocycles. The van der Waals surface area contributed by atoms with Crippen molar-refractivity contribution in [1.82, 2.24) is 0 Å². The molecule has 0 radical (unpaired) electrons. The molecule has 0 aromatic heterocycles. The van der Waals surface area contributed by atoms with Gasteiger partial charge >= 0.3 is 0 Å². The van der Waals surface area contributed by atoms with E-state index >= 15 is 0 Å². The lowest BCUT2D eigenvalue weighted by Gasteiger charge is -2.10. The highest BCUT2D eigenvalue weighted by Gasteiger charge is 2.18. The molecule has 0 atom stereocenters. The maximum absolute atomic E-state index is 12.7. The van der Waals surface area contributed by atoms with Gasteiger partial charge in [0.15, 0.2) is 0 Å². The molecule has 0 spiro atoms. The van der Waals surface area contributed by atoms with E-state index in [9.17, 15) is 4.79 Å². The highest BCUT2D eigenvalue weighted by atomic mass is 35.5. The Morgan fingerprint density at radius 3 is 2.35 bits per heavy atom. The van der Waals surface area contributed by atoms with Crippen LogP contribution in [0.15, 0.2) is 48.5 Å². The zero-order valence-corrected chi connectivity index (χ0v) is 13.7. The molecule has 114 valence electrons. The Labute approximate surface area is 144 Å². The van der Waals surface area contributed by atoms with Gasteiger partial charge in [0.2, 0.25) is 0 Å². The third-order valence-corrected chi connectivity index (χ3v) is 4.68. The quantitative estimate of drug-likeness (QED) is 0.655. The number of amides is 1. The number of benzene rings is 3. The summed E-state index contributed by atoms with van der Waals surface area (Å²) in [5.41, 5.74) is 3.90. The lowest BCUT2D eigenvalue weighted by molar-refractivity contribution is 0.102. The number of hydrogen-bond donors (Lipinski definition) is 1. The summed E-state index contributed by atoms with van der Waals surface area (Å²) < 4.78 is 0. The van der Waals surface area contributed by atoms with Crippen molar-refractivity contribution in [1.29, 1.82) is 0 Å². The summed E-state index contributed by atoms with van der Waals surface area (Å²) in [5.74, 6) is -0.154. The summed E-state index contributed by atoms with van der Waals surface area (Å²) in [6, 6.07) is 15.1. The summed E-state index contributed by atoms with van der Waals surface area (Å²) in [7, 11) is 0. The van der Waals surface area contributed by atoms with Crippen LogP contribution in [0.5, 0.6) is 0 Å². The van der Waals surface area contributed by atoms with Gasteiger partial charge in [0.1, 0.15) is 0 Å². The van der Waals surface area contributed by atoms with Crippen LogP contribution in [0.25, 0.3) is 10.8 Å². The van der Waals surface area contributed by atoms with Gasteiger partial charge in [-0.1, -0.05) is 47.5 Å². The standard InChI is InChI=1S/C19H13Cl2NO/c20-13-8-14(21)10-15(9-13)22-19(23)17-7-6-12-5-4-11-2-1-3-16(17)18(11)12/h1-3,6-10H,4-5H2,(H,22,23). The third kappa shape index (κ3) is 2.58. The van der Waals surface area contributed by atoms with Crippen LogP contribution in [-0.2, 0) is 12.8 Å². The van der Waals surface area contributed by atoms with Gasteiger partial charge < -0.3 is 5.32 Å². The largest absolute Gasteiger partial charge is 0.322 e. The molecule has 0 unspecified atom stereocenters. The van der Waals surface area contributed by atoms with Crippen molar-refractivity contribution >= 4 is 45.6 Å². The fourth-order valence-corrected chi connectivity index (χ4v) is 3.80. The molecule has 1 amide bonds. The van der Waals surface area contributed by atoms with Crippen LogP contribution in [0.2, 0.25) is 10.0 Å². The van der Waals surface area contributed by atoms with Crippen molar-refractivity contribution in [3.63, 3.8) is 0 Å². The zero-order valence-electron chi connectivity index (χ0n) is 12.2. The molecule has 3 aromatic carbocycles. The van der Waals surface area contributed by atoms with E-state index in [0.29, 0.717) is 21.3 Å². The molecule has 1 aliphatic rings. The zero-order chi connectivity index (χ0) is 16.0. The number of carbonyl (C=O) groups excluding carboxylic acids is 1. The average Bonchev–Trinajstić information content (AvgIpc) is 2.92. The first kappa shape index (κ1) is 14.6. The Bertz CT molecular complexity index is 919. The summed E-state index contributed by atoms with van der Waals surface area (Å²) in [6.45, 7) is 0. The van der Waals surface area contributed by atoms with Crippen LogP contribution in [-0.4, -0.2) is 5.91 Å². The van der Waals surface area contributed by atoms with E-state index in [0.717, 1.165) is 18.2 Å². The molecule has 0 heterocycles. The first-order valence-electron chi connectivity index (χ1n) is 7.43. The van der Waals surface area contributed by atoms with Gasteiger partial charge in [0.05, 0.1) is 0 Å². The minimum absolute atomic E-state index is 0.154. The van der Waals surface area contributed by atoms with Gasteiger partial charge in [-0.15, -0.1) is 0 Å². The number of rotatable bonds is 2. The van der Waals surface area contributed by atoms with Crippen molar-refractivity contribution in [3.05, 3.63) is 75.3 Å². The Kier molecular flexibility index (Phi) is 3.51. The van der Waals surface area contributed by atoms with Crippen molar-refractivity contribution < 1.29 is 4.79 Å². The Morgan fingerprint density at radius 2 is 1.61 bits per heavy atom. The van der Waals surface area contributed by atoms with E-state index < -0.39 is 0 Å². The summed E-state index contributed by atoms with van der Waals surface area (Å²) >= 11 is 12.0. The van der Waals surface area contributed by atoms with Crippen LogP contribution < -0.4 is 5.32 Å². The summed E-state index contributed by atoms with van der Waals surface area (Å²) in [4.78, 5) is 12.7. The summed E-state index contributed by atoms with van der Waals surface area (Å²) in [6.07, 6.45) is 2.09. The predicted octanol–water partition coefficient (Wildman–Crippen LogP) is 5.50. The molecule has 3 aromatic rings. The Hall–Kier alpha value is -2.03. The van der Waals surface area contributed by atoms with Crippen molar-refractivity contribution in [2.75, 3.05) is 5.32 Å². The maximum Gasteiger partial charge on any atom is 0.256 e. The van der Waals surface area contributed by atoms with E-state index in [1.54, 1.807) is 18.2 Å². The molecule has 0 bridgehead atoms. The average molecular weight is 342 g/mol. The first-order chi connectivity index (χ1) is 11.1. The van der Waals surface area contributed by atoms with Crippen molar-refractivity contribution in [2.45, 2.75) is 12.8 Å². The molecule has 4 heteroatoms. The molecule has 0 fully saturated rings. The van der Waals surface area contributed by atoms with Gasteiger partial charge in [-0.2, -0.15) is 0 Å². The lowest BCUT2D eigenvalue weighted by Crippen LogP contribution is -2.12. The third-order valence-electron chi connectivity index (χ3n) is 4.24. The van der Waals surface area contributed by atoms with E-state index in [-0.39, 0.29) is 5.91 Å². The molecular weight excluding hydrogens is 329 g/mol. The van der Waals surface area contributed by atoms with E-state index in [1.807, 2.05) is 18.2 Å². The monoisotopic (exact) mass is 341 g/mol. The lowest BCUT2D eigenvalue weighted by atomic mass is 9.99. The normalized spacial score (nSPS) is 12.6. The number of anilines is 1. The minimum Gasteiger partial charge on any atom is -0.322 e. The number of aryl methyl sites for hydroxylation is 2. The highest BCUT2D eigenvalue weighted by Crippen LogP contribution is 2.33. The van der Waals surface area contributed by atoms with Crippen LogP contribution >= 0.6 is 23.2 Å². The van der Waals surface area contributed by atoms with Gasteiger partial charge in [-0.3, -0.25) is 4.79 Å². The van der Waals surface area contributed by atoms with E-state index in [1.165, 1.54) is 16.5 Å². The fraction of sp³-hybridized carbons (Fsp3) is 0.105. The highest BCUT2D eigenvalue weighted by molar-refractivity contribution is 6.35. The summed E-state index contributed by atoms with van der Waals surface area (Å²) in [5, 5.41) is 6.10. The maximum atomic E-state index is 12.7. The molecule has 0 saturated heterocycles. The molecule has 23 heavy (non-hydrogen) atoms. The van der Waals surface area contributed by atoms with Gasteiger partial charge in [-0.25, -0.2) is 0 Å².